The van der Waals surface area contributed by atoms with Crippen molar-refractivity contribution in [1.29, 1.82) is 0 Å². The van der Waals surface area contributed by atoms with Gasteiger partial charge in [0, 0.05) is 11.1 Å². The van der Waals surface area contributed by atoms with Crippen molar-refractivity contribution in [2.24, 2.45) is 11.1 Å². The summed E-state index contributed by atoms with van der Waals surface area (Å²) in [5.74, 6) is 0. The number of hydrogen-bond acceptors (Lipinski definition) is 3. The van der Waals surface area contributed by atoms with Crippen LogP contribution in [0.15, 0.2) is 6.20 Å². The number of hydrogen-bond donors (Lipinski definition) is 1. The number of rotatable bonds is 3. The van der Waals surface area contributed by atoms with Crippen LogP contribution >= 0.6 is 11.3 Å². The molecule has 0 spiro atoms. The number of nitrogens with two attached hydrogens (primary N) is 1. The van der Waals surface area contributed by atoms with Gasteiger partial charge in [-0.1, -0.05) is 6.42 Å². The van der Waals surface area contributed by atoms with Crippen molar-refractivity contribution in [1.82, 2.24) is 4.98 Å². The van der Waals surface area contributed by atoms with Gasteiger partial charge in [0.1, 0.15) is 0 Å². The fourth-order valence-electron chi connectivity index (χ4n) is 1.99. The maximum absolute atomic E-state index is 5.81. The third-order valence-corrected chi connectivity index (χ3v) is 3.98. The molecule has 1 saturated carbocycles. The van der Waals surface area contributed by atoms with Gasteiger partial charge < -0.3 is 5.73 Å². The first kappa shape index (κ1) is 9.16. The highest BCUT2D eigenvalue weighted by atomic mass is 32.1. The van der Waals surface area contributed by atoms with Crippen LogP contribution in [0.25, 0.3) is 0 Å². The first-order chi connectivity index (χ1) is 6.24. The van der Waals surface area contributed by atoms with Crippen LogP contribution in [0.2, 0.25) is 0 Å². The Morgan fingerprint density at radius 3 is 2.77 bits per heavy atom. The Labute approximate surface area is 83.2 Å². The lowest BCUT2D eigenvalue weighted by Gasteiger charge is -2.40. The van der Waals surface area contributed by atoms with Gasteiger partial charge in [-0.25, -0.2) is 4.98 Å². The summed E-state index contributed by atoms with van der Waals surface area (Å²) in [6, 6.07) is 0. The Bertz CT molecular complexity index is 283. The molecule has 1 heterocycles. The van der Waals surface area contributed by atoms with Gasteiger partial charge >= 0.3 is 0 Å². The van der Waals surface area contributed by atoms with Gasteiger partial charge in [0.15, 0.2) is 0 Å². The van der Waals surface area contributed by atoms with Crippen molar-refractivity contribution >= 4 is 11.3 Å². The van der Waals surface area contributed by atoms with Crippen LogP contribution in [0.3, 0.4) is 0 Å². The SMILES string of the molecule is Cc1ncc(CC2(CN)CCC2)s1. The molecular formula is C10H16N2S. The summed E-state index contributed by atoms with van der Waals surface area (Å²) in [5.41, 5.74) is 6.24. The molecular weight excluding hydrogens is 180 g/mol. The molecule has 0 aliphatic heterocycles. The summed E-state index contributed by atoms with van der Waals surface area (Å²) in [6.45, 7) is 2.90. The molecule has 1 aliphatic carbocycles. The molecule has 0 bridgehead atoms. The number of aromatic nitrogens is 1. The molecule has 0 unspecified atom stereocenters. The lowest BCUT2D eigenvalue weighted by molar-refractivity contribution is 0.146. The monoisotopic (exact) mass is 196 g/mol. The van der Waals surface area contributed by atoms with E-state index in [1.54, 1.807) is 0 Å². The minimum absolute atomic E-state index is 0.430. The summed E-state index contributed by atoms with van der Waals surface area (Å²) in [6.07, 6.45) is 7.13. The van der Waals surface area contributed by atoms with E-state index in [4.69, 9.17) is 5.73 Å². The molecule has 1 aromatic heterocycles. The van der Waals surface area contributed by atoms with E-state index in [1.165, 1.54) is 29.1 Å². The topological polar surface area (TPSA) is 38.9 Å². The van der Waals surface area contributed by atoms with Crippen LogP contribution in [0.1, 0.15) is 29.1 Å². The maximum atomic E-state index is 5.81. The lowest BCUT2D eigenvalue weighted by Crippen LogP contribution is -2.38. The van der Waals surface area contributed by atoms with E-state index in [1.807, 2.05) is 17.5 Å². The molecule has 2 N–H and O–H groups in total. The zero-order valence-corrected chi connectivity index (χ0v) is 8.86. The molecule has 1 fully saturated rings. The van der Waals surface area contributed by atoms with Crippen LogP contribution < -0.4 is 5.73 Å². The molecule has 1 aromatic rings. The van der Waals surface area contributed by atoms with Crippen molar-refractivity contribution in [3.63, 3.8) is 0 Å². The quantitative estimate of drug-likeness (QED) is 0.804. The van der Waals surface area contributed by atoms with E-state index < -0.39 is 0 Å². The smallest absolute Gasteiger partial charge is 0.0896 e. The Kier molecular flexibility index (Phi) is 2.39. The largest absolute Gasteiger partial charge is 0.330 e. The Balaban J connectivity index is 2.04. The van der Waals surface area contributed by atoms with Gasteiger partial charge in [-0.15, -0.1) is 11.3 Å². The molecule has 3 heteroatoms. The van der Waals surface area contributed by atoms with E-state index in [0.717, 1.165) is 13.0 Å². The highest BCUT2D eigenvalue weighted by molar-refractivity contribution is 7.11. The minimum Gasteiger partial charge on any atom is -0.330 e. The van der Waals surface area contributed by atoms with Crippen molar-refractivity contribution in [3.8, 4) is 0 Å². The van der Waals surface area contributed by atoms with Gasteiger partial charge in [0.25, 0.3) is 0 Å². The van der Waals surface area contributed by atoms with E-state index in [9.17, 15) is 0 Å². The molecule has 0 radical (unpaired) electrons. The Hall–Kier alpha value is -0.410. The molecule has 1 aliphatic rings. The summed E-state index contributed by atoms with van der Waals surface area (Å²) in [5, 5.41) is 1.17. The van der Waals surface area contributed by atoms with Crippen LogP contribution in [-0.4, -0.2) is 11.5 Å². The van der Waals surface area contributed by atoms with E-state index in [2.05, 4.69) is 11.9 Å². The Morgan fingerprint density at radius 2 is 2.38 bits per heavy atom. The van der Waals surface area contributed by atoms with Crippen LogP contribution in [-0.2, 0) is 6.42 Å². The maximum Gasteiger partial charge on any atom is 0.0896 e. The fourth-order valence-corrected chi connectivity index (χ4v) is 2.96. The summed E-state index contributed by atoms with van der Waals surface area (Å²) in [4.78, 5) is 5.68. The molecule has 0 amide bonds. The zero-order chi connectivity index (χ0) is 9.31. The van der Waals surface area contributed by atoms with Crippen molar-refractivity contribution < 1.29 is 0 Å². The van der Waals surface area contributed by atoms with Crippen LogP contribution in [0.5, 0.6) is 0 Å². The number of aryl methyl sites for hydroxylation is 1. The third-order valence-electron chi connectivity index (χ3n) is 3.07. The minimum atomic E-state index is 0.430. The van der Waals surface area contributed by atoms with E-state index in [0.29, 0.717) is 5.41 Å². The normalized spacial score (nSPS) is 19.8. The first-order valence-corrected chi connectivity index (χ1v) is 5.67. The average molecular weight is 196 g/mol. The summed E-state index contributed by atoms with van der Waals surface area (Å²) < 4.78 is 0. The second-order valence-electron chi connectivity index (χ2n) is 4.08. The Morgan fingerprint density at radius 1 is 1.62 bits per heavy atom. The molecule has 0 saturated heterocycles. The van der Waals surface area contributed by atoms with Gasteiger partial charge in [-0.05, 0) is 38.1 Å². The predicted octanol–water partition coefficient (Wildman–Crippen LogP) is 2.12. The molecule has 2 nitrogen and oxygen atoms in total. The summed E-state index contributed by atoms with van der Waals surface area (Å²) >= 11 is 1.81. The highest BCUT2D eigenvalue weighted by Crippen LogP contribution is 2.43. The second-order valence-corrected chi connectivity index (χ2v) is 5.40. The molecule has 2 rings (SSSR count). The predicted molar refractivity (Wildman–Crippen MR) is 55.9 cm³/mol. The number of nitrogens with zero attached hydrogens (tertiary/aromatic N) is 1. The van der Waals surface area contributed by atoms with Crippen molar-refractivity contribution in [2.75, 3.05) is 6.54 Å². The van der Waals surface area contributed by atoms with Crippen LogP contribution in [0, 0.1) is 12.3 Å². The van der Waals surface area contributed by atoms with Gasteiger partial charge in [0.05, 0.1) is 5.01 Å². The number of thiazole rings is 1. The van der Waals surface area contributed by atoms with E-state index in [-0.39, 0.29) is 0 Å². The van der Waals surface area contributed by atoms with E-state index >= 15 is 0 Å². The van der Waals surface area contributed by atoms with Gasteiger partial charge in [-0.2, -0.15) is 0 Å². The molecule has 72 valence electrons. The van der Waals surface area contributed by atoms with Gasteiger partial charge in [0.2, 0.25) is 0 Å². The lowest BCUT2D eigenvalue weighted by atomic mass is 9.66. The zero-order valence-electron chi connectivity index (χ0n) is 8.05. The molecule has 0 aromatic carbocycles. The van der Waals surface area contributed by atoms with Crippen molar-refractivity contribution in [3.05, 3.63) is 16.1 Å². The second kappa shape index (κ2) is 3.39. The van der Waals surface area contributed by atoms with Crippen LogP contribution in [0.4, 0.5) is 0 Å². The fraction of sp³-hybridized carbons (Fsp3) is 0.700. The average Bonchev–Trinajstić information content (AvgIpc) is 2.44. The first-order valence-electron chi connectivity index (χ1n) is 4.85. The summed E-state index contributed by atoms with van der Waals surface area (Å²) in [7, 11) is 0. The standard InChI is InChI=1S/C10H16N2S/c1-8-12-6-9(13-8)5-10(7-11)3-2-4-10/h6H,2-5,7,11H2,1H3. The highest BCUT2D eigenvalue weighted by Gasteiger charge is 2.35. The third kappa shape index (κ3) is 1.76. The molecule has 0 atom stereocenters. The van der Waals surface area contributed by atoms with Gasteiger partial charge in [-0.3, -0.25) is 0 Å². The van der Waals surface area contributed by atoms with Crippen molar-refractivity contribution in [2.45, 2.75) is 32.6 Å². The molecule has 13 heavy (non-hydrogen) atoms.